The van der Waals surface area contributed by atoms with E-state index in [1.165, 1.54) is 18.1 Å². The van der Waals surface area contributed by atoms with Crippen molar-refractivity contribution in [3.05, 3.63) is 137 Å². The number of amides is 3. The Bertz CT molecular complexity index is 2960. The quantitative estimate of drug-likeness (QED) is 0.116. The first-order chi connectivity index (χ1) is 29.8. The van der Waals surface area contributed by atoms with E-state index in [1.807, 2.05) is 43.7 Å². The number of aromatic hydroxyl groups is 2. The summed E-state index contributed by atoms with van der Waals surface area (Å²) in [6.45, 7) is -0.118. The van der Waals surface area contributed by atoms with Gasteiger partial charge in [0, 0.05) is 71.9 Å². The van der Waals surface area contributed by atoms with Gasteiger partial charge in [0.1, 0.15) is 28.3 Å². The smallest absolute Gasteiger partial charge is 0.257 e. The van der Waals surface area contributed by atoms with Crippen molar-refractivity contribution in [2.45, 2.75) is 13.0 Å². The Morgan fingerprint density at radius 1 is 0.790 bits per heavy atom. The monoisotopic (exact) mass is 894 g/mol. The Labute approximate surface area is 362 Å². The van der Waals surface area contributed by atoms with E-state index in [4.69, 9.17) is 4.74 Å². The van der Waals surface area contributed by atoms with Gasteiger partial charge < -0.3 is 19.8 Å². The number of rotatable bonds is 7. The third-order valence-corrected chi connectivity index (χ3v) is 10.9. The van der Waals surface area contributed by atoms with Crippen LogP contribution in [0.3, 0.4) is 0 Å². The molecule has 1 atom stereocenters. The number of hydrogen-bond acceptors (Lipinski definition) is 10. The fourth-order valence-electron chi connectivity index (χ4n) is 7.19. The SMILES string of the molecule is COc1ccc2c(c1F)C(=O)N(C[C@@]1(C#Cc3ccc(-c4nc(-c5cnn(C)c5)ccc4O)cc3)CC(=O)NC1=O)C2.Cn1cc(-c2ccc(O)c(-c3ccc(Br)cc3)n2)cn1. The molecule has 310 valence electrons. The number of halogens is 2. The van der Waals surface area contributed by atoms with Crippen molar-refractivity contribution in [2.24, 2.45) is 19.5 Å². The topological polar surface area (TPSA) is 178 Å². The van der Waals surface area contributed by atoms with Crippen LogP contribution in [0.2, 0.25) is 0 Å². The Balaban J connectivity index is 0.000000220. The van der Waals surface area contributed by atoms with Gasteiger partial charge in [-0.15, -0.1) is 0 Å². The number of aromatic nitrogens is 6. The normalized spacial score (nSPS) is 15.4. The third-order valence-electron chi connectivity index (χ3n) is 10.4. The minimum Gasteiger partial charge on any atom is -0.506 e. The number of hydrogen-bond donors (Lipinski definition) is 3. The van der Waals surface area contributed by atoms with Gasteiger partial charge in [-0.25, -0.2) is 14.4 Å². The Kier molecular flexibility index (Phi) is 11.1. The van der Waals surface area contributed by atoms with Crippen molar-refractivity contribution in [2.75, 3.05) is 13.7 Å². The predicted molar refractivity (Wildman–Crippen MR) is 230 cm³/mol. The number of carbonyl (C=O) groups is 3. The number of nitrogens with one attached hydrogen (secondary N) is 1. The highest BCUT2D eigenvalue weighted by Crippen LogP contribution is 2.36. The fourth-order valence-corrected chi connectivity index (χ4v) is 7.45. The van der Waals surface area contributed by atoms with Crippen molar-refractivity contribution in [1.82, 2.24) is 39.7 Å². The molecular weight excluding hydrogens is 859 g/mol. The number of ether oxygens (including phenoxy) is 1. The van der Waals surface area contributed by atoms with Crippen molar-refractivity contribution in [3.63, 3.8) is 0 Å². The van der Waals surface area contributed by atoms with Crippen molar-refractivity contribution in [1.29, 1.82) is 0 Å². The van der Waals surface area contributed by atoms with Crippen LogP contribution < -0.4 is 10.1 Å². The standard InChI is InChI=1S/C31H24FN5O5.C15H12BrN3O/c1-36-15-21(14-33-36)22-8-9-23(38)28(34-22)19-5-3-18(4-6-19)11-12-31(13-25(39)35-30(31)41)17-37-16-20-7-10-24(42-2)27(32)26(20)29(37)40;1-19-9-11(8-17-19)13-6-7-14(20)15(18-13)10-2-4-12(16)5-3-10/h3-10,14-15,38H,13,16-17H2,1-2H3,(H,35,39,41);2-9,20H,1H3/t31-;/m1./s1. The molecule has 1 saturated heterocycles. The van der Waals surface area contributed by atoms with Crippen LogP contribution in [0.25, 0.3) is 45.0 Å². The highest BCUT2D eigenvalue weighted by molar-refractivity contribution is 9.10. The van der Waals surface area contributed by atoms with Crippen molar-refractivity contribution >= 4 is 33.7 Å². The summed E-state index contributed by atoms with van der Waals surface area (Å²) in [4.78, 5) is 48.8. The number of carbonyl (C=O) groups excluding carboxylic acids is 3. The maximum absolute atomic E-state index is 14.8. The van der Waals surface area contributed by atoms with E-state index < -0.39 is 29.0 Å². The van der Waals surface area contributed by atoms with E-state index in [2.05, 4.69) is 53.3 Å². The van der Waals surface area contributed by atoms with Crippen LogP contribution in [0, 0.1) is 23.1 Å². The zero-order chi connectivity index (χ0) is 43.7. The van der Waals surface area contributed by atoms with Crippen molar-refractivity contribution < 1.29 is 33.7 Å². The van der Waals surface area contributed by atoms with Gasteiger partial charge in [0.25, 0.3) is 5.91 Å². The largest absolute Gasteiger partial charge is 0.506 e. The Morgan fingerprint density at radius 2 is 1.35 bits per heavy atom. The molecule has 14 nitrogen and oxygen atoms in total. The first kappa shape index (κ1) is 41.1. The average Bonchev–Trinajstić information content (AvgIpc) is 4.04. The van der Waals surface area contributed by atoms with E-state index in [0.717, 1.165) is 26.9 Å². The summed E-state index contributed by atoms with van der Waals surface area (Å²) in [6.07, 6.45) is 6.92. The summed E-state index contributed by atoms with van der Waals surface area (Å²) in [5.74, 6) is 3.55. The maximum atomic E-state index is 14.8. The minimum atomic E-state index is -1.51. The van der Waals surface area contributed by atoms with Gasteiger partial charge in [0.2, 0.25) is 11.8 Å². The van der Waals surface area contributed by atoms with Gasteiger partial charge in [-0.05, 0) is 60.2 Å². The molecule has 0 radical (unpaired) electrons. The van der Waals surface area contributed by atoms with Crippen LogP contribution in [-0.4, -0.2) is 76.0 Å². The summed E-state index contributed by atoms with van der Waals surface area (Å²) in [5.41, 5.74) is 5.01. The van der Waals surface area contributed by atoms with Crippen LogP contribution >= 0.6 is 15.9 Å². The van der Waals surface area contributed by atoms with Crippen LogP contribution in [-0.2, 0) is 30.2 Å². The van der Waals surface area contributed by atoms with Crippen LogP contribution in [0.5, 0.6) is 17.2 Å². The first-order valence-corrected chi connectivity index (χ1v) is 19.9. The molecule has 16 heteroatoms. The van der Waals surface area contributed by atoms with Gasteiger partial charge in [0.15, 0.2) is 11.6 Å². The molecule has 7 aromatic rings. The molecule has 0 aliphatic carbocycles. The summed E-state index contributed by atoms with van der Waals surface area (Å²) in [7, 11) is 4.98. The molecule has 0 saturated carbocycles. The molecule has 3 aromatic carbocycles. The molecule has 1 fully saturated rings. The van der Waals surface area contributed by atoms with E-state index in [0.29, 0.717) is 33.8 Å². The van der Waals surface area contributed by atoms with Crippen LogP contribution in [0.15, 0.2) is 114 Å². The molecule has 62 heavy (non-hydrogen) atoms. The predicted octanol–water partition coefficient (Wildman–Crippen LogP) is 6.66. The minimum absolute atomic E-state index is 0.00639. The molecule has 2 aliphatic rings. The third kappa shape index (κ3) is 8.25. The lowest BCUT2D eigenvalue weighted by Gasteiger charge is -2.25. The van der Waals surface area contributed by atoms with Crippen molar-refractivity contribution in [3.8, 4) is 74.1 Å². The molecule has 0 bridgehead atoms. The summed E-state index contributed by atoms with van der Waals surface area (Å²) in [5, 5.41) is 31.1. The molecule has 3 amide bonds. The van der Waals surface area contributed by atoms with Gasteiger partial charge >= 0.3 is 0 Å². The van der Waals surface area contributed by atoms with Gasteiger partial charge in [-0.1, -0.05) is 58.1 Å². The molecule has 6 heterocycles. The number of pyridine rings is 2. The number of benzene rings is 3. The molecule has 9 rings (SSSR count). The lowest BCUT2D eigenvalue weighted by molar-refractivity contribution is -0.127. The second kappa shape index (κ2) is 16.8. The number of imide groups is 1. The Hall–Kier alpha value is -7.64. The van der Waals surface area contributed by atoms with Crippen LogP contribution in [0.4, 0.5) is 4.39 Å². The van der Waals surface area contributed by atoms with Gasteiger partial charge in [-0.3, -0.25) is 29.1 Å². The molecule has 3 N–H and O–H groups in total. The zero-order valence-electron chi connectivity index (χ0n) is 33.4. The number of nitrogens with zero attached hydrogens (tertiary/aromatic N) is 7. The highest BCUT2D eigenvalue weighted by atomic mass is 79.9. The second-order valence-corrected chi connectivity index (χ2v) is 15.6. The fraction of sp³-hybridized carbons (Fsp3) is 0.152. The molecule has 2 aliphatic heterocycles. The number of methoxy groups -OCH3 is 1. The van der Waals surface area contributed by atoms with E-state index >= 15 is 0 Å². The first-order valence-electron chi connectivity index (χ1n) is 19.1. The second-order valence-electron chi connectivity index (χ2n) is 14.7. The lowest BCUT2D eigenvalue weighted by Crippen LogP contribution is -2.42. The van der Waals surface area contributed by atoms with Gasteiger partial charge in [-0.2, -0.15) is 10.2 Å². The van der Waals surface area contributed by atoms with Gasteiger partial charge in [0.05, 0.1) is 42.9 Å². The maximum Gasteiger partial charge on any atom is 0.257 e. The summed E-state index contributed by atoms with van der Waals surface area (Å²) >= 11 is 3.40. The lowest BCUT2D eigenvalue weighted by atomic mass is 9.85. The number of aryl methyl sites for hydroxylation is 2. The van der Waals surface area contributed by atoms with E-state index in [1.54, 1.807) is 83.4 Å². The molecule has 0 spiro atoms. The highest BCUT2D eigenvalue weighted by Gasteiger charge is 2.49. The Morgan fingerprint density at radius 3 is 1.85 bits per heavy atom. The molecular formula is C46H36BrFN8O6. The van der Waals surface area contributed by atoms with Crippen LogP contribution in [0.1, 0.15) is 27.9 Å². The number of fused-ring (bicyclic) bond motifs is 1. The summed E-state index contributed by atoms with van der Waals surface area (Å²) in [6, 6.07) is 24.3. The molecule has 0 unspecified atom stereocenters. The van der Waals surface area contributed by atoms with E-state index in [-0.39, 0.29) is 42.3 Å². The molecule has 4 aromatic heterocycles. The average molecular weight is 896 g/mol. The van der Waals surface area contributed by atoms with E-state index in [9.17, 15) is 29.0 Å². The summed E-state index contributed by atoms with van der Waals surface area (Å²) < 4.78 is 24.2. The zero-order valence-corrected chi connectivity index (χ0v) is 35.0.